The third-order valence-corrected chi connectivity index (χ3v) is 5.29. The molecule has 0 saturated heterocycles. The van der Waals surface area contributed by atoms with Gasteiger partial charge in [-0.2, -0.15) is 0 Å². The maximum absolute atomic E-state index is 5.65. The number of ether oxygens (including phenoxy) is 1. The summed E-state index contributed by atoms with van der Waals surface area (Å²) < 4.78 is 8.92. The number of nitrogens with zero attached hydrogens (tertiary/aromatic N) is 2. The highest BCUT2D eigenvalue weighted by atomic mass is 79.9. The van der Waals surface area contributed by atoms with Gasteiger partial charge in [-0.3, -0.25) is 4.57 Å². The van der Waals surface area contributed by atoms with Crippen LogP contribution in [0.25, 0.3) is 22.4 Å². The van der Waals surface area contributed by atoms with E-state index in [-0.39, 0.29) is 6.17 Å². The molecule has 128 valence electrons. The van der Waals surface area contributed by atoms with E-state index in [0.29, 0.717) is 0 Å². The van der Waals surface area contributed by atoms with Crippen molar-refractivity contribution in [3.05, 3.63) is 76.8 Å². The molecule has 2 heterocycles. The van der Waals surface area contributed by atoms with Crippen molar-refractivity contribution >= 4 is 32.7 Å². The summed E-state index contributed by atoms with van der Waals surface area (Å²) in [4.78, 5) is 4.92. The fourth-order valence-corrected chi connectivity index (χ4v) is 4.03. The minimum absolute atomic E-state index is 0.111. The molecule has 1 atom stereocenters. The standard InChI is InChI=1S/C21H16BrN3O/c1-26-19-11-10-13(22)12-15(19)21-23-16-7-3-2-6-14(16)20-24-17-8-4-5-9-18(17)25(20)21/h2-12,21,23H,1H3. The topological polar surface area (TPSA) is 39.1 Å². The molecule has 1 N–H and O–H groups in total. The molecule has 3 aromatic carbocycles. The van der Waals surface area contributed by atoms with Crippen LogP contribution in [0.2, 0.25) is 0 Å². The minimum atomic E-state index is -0.111. The molecule has 1 aliphatic heterocycles. The maximum Gasteiger partial charge on any atom is 0.145 e. The molecular formula is C21H16BrN3O. The van der Waals surface area contributed by atoms with E-state index < -0.39 is 0 Å². The van der Waals surface area contributed by atoms with Gasteiger partial charge in [0, 0.05) is 21.3 Å². The number of aromatic nitrogens is 2. The summed E-state index contributed by atoms with van der Waals surface area (Å²) in [7, 11) is 1.70. The summed E-state index contributed by atoms with van der Waals surface area (Å²) in [5.41, 5.74) is 5.31. The average molecular weight is 406 g/mol. The van der Waals surface area contributed by atoms with Gasteiger partial charge in [-0.05, 0) is 42.5 Å². The first kappa shape index (κ1) is 15.5. The Balaban J connectivity index is 1.84. The van der Waals surface area contributed by atoms with Crippen molar-refractivity contribution in [1.29, 1.82) is 0 Å². The van der Waals surface area contributed by atoms with Gasteiger partial charge in [0.1, 0.15) is 17.7 Å². The van der Waals surface area contributed by atoms with Crippen LogP contribution in [0.15, 0.2) is 71.2 Å². The summed E-state index contributed by atoms with van der Waals surface area (Å²) >= 11 is 3.60. The lowest BCUT2D eigenvalue weighted by Crippen LogP contribution is -2.25. The second kappa shape index (κ2) is 5.88. The van der Waals surface area contributed by atoms with E-state index in [0.717, 1.165) is 43.9 Å². The van der Waals surface area contributed by atoms with Gasteiger partial charge in [-0.15, -0.1) is 0 Å². The molecule has 0 fully saturated rings. The van der Waals surface area contributed by atoms with Crippen molar-refractivity contribution in [3.8, 4) is 17.1 Å². The highest BCUT2D eigenvalue weighted by Crippen LogP contribution is 2.42. The quantitative estimate of drug-likeness (QED) is 0.482. The van der Waals surface area contributed by atoms with Crippen molar-refractivity contribution in [2.24, 2.45) is 0 Å². The third kappa shape index (κ3) is 2.24. The molecule has 0 spiro atoms. The second-order valence-corrected chi connectivity index (χ2v) is 7.19. The number of benzene rings is 3. The zero-order valence-corrected chi connectivity index (χ0v) is 15.7. The zero-order valence-electron chi connectivity index (χ0n) is 14.1. The Labute approximate surface area is 159 Å². The Kier molecular flexibility index (Phi) is 3.50. The number of methoxy groups -OCH3 is 1. The van der Waals surface area contributed by atoms with Crippen LogP contribution < -0.4 is 10.1 Å². The fourth-order valence-electron chi connectivity index (χ4n) is 3.65. The number of nitrogens with one attached hydrogen (secondary N) is 1. The monoisotopic (exact) mass is 405 g/mol. The largest absolute Gasteiger partial charge is 0.496 e. The first-order valence-corrected chi connectivity index (χ1v) is 9.22. The maximum atomic E-state index is 5.65. The van der Waals surface area contributed by atoms with Crippen molar-refractivity contribution in [3.63, 3.8) is 0 Å². The van der Waals surface area contributed by atoms with Crippen molar-refractivity contribution in [2.75, 3.05) is 12.4 Å². The van der Waals surface area contributed by atoms with Gasteiger partial charge < -0.3 is 10.1 Å². The van der Waals surface area contributed by atoms with Crippen molar-refractivity contribution < 1.29 is 4.74 Å². The second-order valence-electron chi connectivity index (χ2n) is 6.27. The molecule has 0 bridgehead atoms. The van der Waals surface area contributed by atoms with E-state index in [1.165, 1.54) is 0 Å². The molecule has 4 aromatic rings. The van der Waals surface area contributed by atoms with Crippen LogP contribution in [0, 0.1) is 0 Å². The normalized spacial score (nSPS) is 15.2. The zero-order chi connectivity index (χ0) is 17.7. The van der Waals surface area contributed by atoms with Crippen molar-refractivity contribution in [2.45, 2.75) is 6.17 Å². The Hall–Kier alpha value is -2.79. The van der Waals surface area contributed by atoms with E-state index in [4.69, 9.17) is 9.72 Å². The molecule has 0 radical (unpaired) electrons. The fraction of sp³-hybridized carbons (Fsp3) is 0.0952. The van der Waals surface area contributed by atoms with E-state index in [2.05, 4.69) is 56.1 Å². The Morgan fingerprint density at radius 3 is 2.73 bits per heavy atom. The van der Waals surface area contributed by atoms with Crippen LogP contribution >= 0.6 is 15.9 Å². The van der Waals surface area contributed by atoms with Gasteiger partial charge in [0.15, 0.2) is 0 Å². The van der Waals surface area contributed by atoms with Crippen LogP contribution in [-0.2, 0) is 0 Å². The number of hydrogen-bond donors (Lipinski definition) is 1. The van der Waals surface area contributed by atoms with Crippen LogP contribution in [0.3, 0.4) is 0 Å². The van der Waals surface area contributed by atoms with Crippen LogP contribution in [0.1, 0.15) is 11.7 Å². The molecule has 5 heteroatoms. The highest BCUT2D eigenvalue weighted by molar-refractivity contribution is 9.10. The number of halogens is 1. The first-order chi connectivity index (χ1) is 12.8. The van der Waals surface area contributed by atoms with Gasteiger partial charge in [0.05, 0.1) is 18.1 Å². The van der Waals surface area contributed by atoms with E-state index in [9.17, 15) is 0 Å². The molecule has 0 aliphatic carbocycles. The van der Waals surface area contributed by atoms with Gasteiger partial charge in [-0.25, -0.2) is 4.98 Å². The molecule has 1 unspecified atom stereocenters. The summed E-state index contributed by atoms with van der Waals surface area (Å²) in [6.07, 6.45) is -0.111. The number of fused-ring (bicyclic) bond motifs is 5. The highest BCUT2D eigenvalue weighted by Gasteiger charge is 2.29. The lowest BCUT2D eigenvalue weighted by molar-refractivity contribution is 0.404. The molecule has 5 rings (SSSR count). The van der Waals surface area contributed by atoms with E-state index in [1.54, 1.807) is 7.11 Å². The lowest BCUT2D eigenvalue weighted by Gasteiger charge is -2.31. The number of hydrogen-bond acceptors (Lipinski definition) is 3. The predicted molar refractivity (Wildman–Crippen MR) is 108 cm³/mol. The van der Waals surface area contributed by atoms with Gasteiger partial charge in [0.2, 0.25) is 0 Å². The molecule has 4 nitrogen and oxygen atoms in total. The minimum Gasteiger partial charge on any atom is -0.496 e. The Morgan fingerprint density at radius 1 is 1.04 bits per heavy atom. The number of imidazole rings is 1. The first-order valence-electron chi connectivity index (χ1n) is 8.42. The van der Waals surface area contributed by atoms with Crippen LogP contribution in [0.5, 0.6) is 5.75 Å². The molecular weight excluding hydrogens is 390 g/mol. The third-order valence-electron chi connectivity index (χ3n) is 4.80. The molecule has 0 amide bonds. The van der Waals surface area contributed by atoms with E-state index >= 15 is 0 Å². The summed E-state index contributed by atoms with van der Waals surface area (Å²) in [5, 5.41) is 3.67. The summed E-state index contributed by atoms with van der Waals surface area (Å²) in [5.74, 6) is 1.81. The molecule has 0 saturated carbocycles. The predicted octanol–water partition coefficient (Wildman–Crippen LogP) is 5.45. The van der Waals surface area contributed by atoms with Crippen molar-refractivity contribution in [1.82, 2.24) is 9.55 Å². The Morgan fingerprint density at radius 2 is 1.85 bits per heavy atom. The number of rotatable bonds is 2. The summed E-state index contributed by atoms with van der Waals surface area (Å²) in [6, 6.07) is 22.6. The Bertz CT molecular complexity index is 1140. The SMILES string of the molecule is COc1ccc(Br)cc1C1Nc2ccccc2-c2nc3ccccc3n21. The smallest absolute Gasteiger partial charge is 0.145 e. The number of para-hydroxylation sites is 3. The molecule has 1 aliphatic rings. The number of anilines is 1. The average Bonchev–Trinajstić information content (AvgIpc) is 3.07. The van der Waals surface area contributed by atoms with E-state index in [1.807, 2.05) is 36.4 Å². The molecule has 1 aromatic heterocycles. The van der Waals surface area contributed by atoms with Gasteiger partial charge in [0.25, 0.3) is 0 Å². The van der Waals surface area contributed by atoms with Gasteiger partial charge >= 0.3 is 0 Å². The lowest BCUT2D eigenvalue weighted by atomic mass is 10.0. The molecule has 26 heavy (non-hydrogen) atoms. The van der Waals surface area contributed by atoms with Crippen LogP contribution in [-0.4, -0.2) is 16.7 Å². The van der Waals surface area contributed by atoms with Crippen LogP contribution in [0.4, 0.5) is 5.69 Å². The van der Waals surface area contributed by atoms with Gasteiger partial charge in [-0.1, -0.05) is 40.2 Å². The summed E-state index contributed by atoms with van der Waals surface area (Å²) in [6.45, 7) is 0.